The summed E-state index contributed by atoms with van der Waals surface area (Å²) in [5, 5.41) is 11.5. The molecule has 5 heteroatoms. The number of amides is 1. The van der Waals surface area contributed by atoms with Crippen molar-refractivity contribution in [2.75, 3.05) is 6.54 Å². The van der Waals surface area contributed by atoms with Gasteiger partial charge in [-0.2, -0.15) is 0 Å². The Bertz CT molecular complexity index is 295. The molecule has 5 nitrogen and oxygen atoms in total. The van der Waals surface area contributed by atoms with E-state index in [1.807, 2.05) is 20.8 Å². The molecule has 17 heavy (non-hydrogen) atoms. The fourth-order valence-corrected chi connectivity index (χ4v) is 1.81. The Hall–Kier alpha value is -1.10. The van der Waals surface area contributed by atoms with Crippen molar-refractivity contribution in [2.24, 2.45) is 5.41 Å². The normalized spacial score (nSPS) is 24.6. The molecule has 1 amide bonds. The number of nitrogens with one attached hydrogen (secondary N) is 1. The molecule has 1 fully saturated rings. The molecule has 1 aliphatic rings. The van der Waals surface area contributed by atoms with Crippen molar-refractivity contribution >= 4 is 11.9 Å². The van der Waals surface area contributed by atoms with Crippen molar-refractivity contribution in [2.45, 2.75) is 52.2 Å². The summed E-state index contributed by atoms with van der Waals surface area (Å²) in [6.45, 7) is 6.40. The van der Waals surface area contributed by atoms with E-state index < -0.39 is 12.1 Å². The minimum Gasteiger partial charge on any atom is -0.479 e. The molecule has 0 radical (unpaired) electrons. The first-order valence-corrected chi connectivity index (χ1v) is 5.93. The van der Waals surface area contributed by atoms with Crippen molar-refractivity contribution in [1.82, 2.24) is 5.32 Å². The van der Waals surface area contributed by atoms with Gasteiger partial charge in [-0.15, -0.1) is 0 Å². The molecule has 0 aromatic rings. The van der Waals surface area contributed by atoms with Gasteiger partial charge in [0.1, 0.15) is 0 Å². The second-order valence-corrected chi connectivity index (χ2v) is 5.70. The fraction of sp³-hybridized carbons (Fsp3) is 0.833. The van der Waals surface area contributed by atoms with Crippen LogP contribution in [0.15, 0.2) is 0 Å². The molecule has 1 saturated heterocycles. The maximum atomic E-state index is 11.5. The first kappa shape index (κ1) is 14.0. The molecule has 1 heterocycles. The summed E-state index contributed by atoms with van der Waals surface area (Å²) >= 11 is 0. The molecule has 0 spiro atoms. The molecule has 2 N–H and O–H groups in total. The summed E-state index contributed by atoms with van der Waals surface area (Å²) in [5.74, 6) is -0.937. The maximum absolute atomic E-state index is 11.5. The number of carbonyl (C=O) groups excluding carboxylic acids is 1. The largest absolute Gasteiger partial charge is 0.479 e. The highest BCUT2D eigenvalue weighted by molar-refractivity contribution is 5.76. The highest BCUT2D eigenvalue weighted by Crippen LogP contribution is 2.20. The number of aliphatic carboxylic acids is 1. The lowest BCUT2D eigenvalue weighted by Gasteiger charge is -2.18. The third-order valence-corrected chi connectivity index (χ3v) is 2.60. The van der Waals surface area contributed by atoms with E-state index in [4.69, 9.17) is 9.84 Å². The average molecular weight is 243 g/mol. The lowest BCUT2D eigenvalue weighted by Crippen LogP contribution is -2.34. The summed E-state index contributed by atoms with van der Waals surface area (Å²) in [4.78, 5) is 22.2. The SMILES string of the molecule is CC(C)(C)CC(=O)NCC1CCC(C(=O)O)O1. The molecule has 2 atom stereocenters. The van der Waals surface area contributed by atoms with Crippen LogP contribution in [0.4, 0.5) is 0 Å². The van der Waals surface area contributed by atoms with Crippen molar-refractivity contribution in [3.8, 4) is 0 Å². The number of ether oxygens (including phenoxy) is 1. The summed E-state index contributed by atoms with van der Waals surface area (Å²) in [6.07, 6.45) is 0.795. The smallest absolute Gasteiger partial charge is 0.332 e. The maximum Gasteiger partial charge on any atom is 0.332 e. The third kappa shape index (κ3) is 5.17. The molecule has 0 bridgehead atoms. The number of carboxylic acid groups (broad SMARTS) is 1. The van der Waals surface area contributed by atoms with Crippen LogP contribution in [0.25, 0.3) is 0 Å². The average Bonchev–Trinajstić information content (AvgIpc) is 2.60. The van der Waals surface area contributed by atoms with Gasteiger partial charge >= 0.3 is 5.97 Å². The molecule has 98 valence electrons. The van der Waals surface area contributed by atoms with E-state index in [1.54, 1.807) is 0 Å². The highest BCUT2D eigenvalue weighted by Gasteiger charge is 2.30. The van der Waals surface area contributed by atoms with Gasteiger partial charge < -0.3 is 15.2 Å². The highest BCUT2D eigenvalue weighted by atomic mass is 16.5. The van der Waals surface area contributed by atoms with Crippen LogP contribution < -0.4 is 5.32 Å². The lowest BCUT2D eigenvalue weighted by molar-refractivity contribution is -0.149. The van der Waals surface area contributed by atoms with Crippen LogP contribution in [0.2, 0.25) is 0 Å². The molecule has 0 aromatic heterocycles. The van der Waals surface area contributed by atoms with E-state index in [9.17, 15) is 9.59 Å². The summed E-state index contributed by atoms with van der Waals surface area (Å²) in [7, 11) is 0. The van der Waals surface area contributed by atoms with Gasteiger partial charge in [-0.1, -0.05) is 20.8 Å². The quantitative estimate of drug-likeness (QED) is 0.777. The summed E-state index contributed by atoms with van der Waals surface area (Å²) in [5.41, 5.74) is -0.0375. The number of carbonyl (C=O) groups is 2. The Morgan fingerprint density at radius 3 is 2.47 bits per heavy atom. The summed E-state index contributed by atoms with van der Waals surface area (Å²) < 4.78 is 5.29. The standard InChI is InChI=1S/C12H21NO4/c1-12(2,3)6-10(14)13-7-8-4-5-9(17-8)11(15)16/h8-9H,4-7H2,1-3H3,(H,13,14)(H,15,16). The van der Waals surface area contributed by atoms with E-state index in [0.29, 0.717) is 25.8 Å². The van der Waals surface area contributed by atoms with E-state index in [2.05, 4.69) is 5.32 Å². The third-order valence-electron chi connectivity index (χ3n) is 2.60. The predicted molar refractivity (Wildman–Crippen MR) is 62.6 cm³/mol. The van der Waals surface area contributed by atoms with Crippen molar-refractivity contribution in [1.29, 1.82) is 0 Å². The number of rotatable bonds is 4. The molecular weight excluding hydrogens is 222 g/mol. The zero-order chi connectivity index (χ0) is 13.1. The molecule has 0 aromatic carbocycles. The molecular formula is C12H21NO4. The number of carboxylic acids is 1. The molecule has 0 saturated carbocycles. The first-order valence-electron chi connectivity index (χ1n) is 5.93. The number of hydrogen-bond acceptors (Lipinski definition) is 3. The molecule has 2 unspecified atom stereocenters. The van der Waals surface area contributed by atoms with Gasteiger partial charge in [-0.05, 0) is 18.3 Å². The van der Waals surface area contributed by atoms with E-state index in [0.717, 1.165) is 0 Å². The van der Waals surface area contributed by atoms with Crippen LogP contribution >= 0.6 is 0 Å². The van der Waals surface area contributed by atoms with Crippen LogP contribution in [0.5, 0.6) is 0 Å². The van der Waals surface area contributed by atoms with E-state index >= 15 is 0 Å². The Kier molecular flexibility index (Phi) is 4.51. The van der Waals surface area contributed by atoms with E-state index in [1.165, 1.54) is 0 Å². The van der Waals surface area contributed by atoms with Crippen LogP contribution in [0, 0.1) is 5.41 Å². The van der Waals surface area contributed by atoms with Crippen LogP contribution in [-0.4, -0.2) is 35.7 Å². The Balaban J connectivity index is 2.24. The molecule has 1 rings (SSSR count). The van der Waals surface area contributed by atoms with Gasteiger partial charge in [0, 0.05) is 13.0 Å². The topological polar surface area (TPSA) is 75.6 Å². The van der Waals surface area contributed by atoms with Crippen molar-refractivity contribution in [3.63, 3.8) is 0 Å². The minimum atomic E-state index is -0.923. The van der Waals surface area contributed by atoms with Gasteiger partial charge in [0.2, 0.25) is 5.91 Å². The van der Waals surface area contributed by atoms with Gasteiger partial charge in [0.15, 0.2) is 6.10 Å². The minimum absolute atomic E-state index is 0.0140. The van der Waals surface area contributed by atoms with Crippen LogP contribution in [0.3, 0.4) is 0 Å². The van der Waals surface area contributed by atoms with Crippen molar-refractivity contribution < 1.29 is 19.4 Å². The predicted octanol–water partition coefficient (Wildman–Crippen LogP) is 1.17. The second-order valence-electron chi connectivity index (χ2n) is 5.70. The van der Waals surface area contributed by atoms with Crippen LogP contribution in [0.1, 0.15) is 40.0 Å². The monoisotopic (exact) mass is 243 g/mol. The zero-order valence-corrected chi connectivity index (χ0v) is 10.7. The van der Waals surface area contributed by atoms with Gasteiger partial charge in [-0.3, -0.25) is 4.79 Å². The van der Waals surface area contributed by atoms with Gasteiger partial charge in [-0.25, -0.2) is 4.79 Å². The van der Waals surface area contributed by atoms with Gasteiger partial charge in [0.05, 0.1) is 6.10 Å². The van der Waals surface area contributed by atoms with Crippen LogP contribution in [-0.2, 0) is 14.3 Å². The molecule has 0 aliphatic carbocycles. The lowest BCUT2D eigenvalue weighted by atomic mass is 9.92. The number of hydrogen-bond donors (Lipinski definition) is 2. The van der Waals surface area contributed by atoms with Gasteiger partial charge in [0.25, 0.3) is 0 Å². The molecule has 1 aliphatic heterocycles. The summed E-state index contributed by atoms with van der Waals surface area (Å²) in [6, 6.07) is 0. The Labute approximate surface area is 102 Å². The van der Waals surface area contributed by atoms with Crippen molar-refractivity contribution in [3.05, 3.63) is 0 Å². The Morgan fingerprint density at radius 1 is 1.35 bits per heavy atom. The Morgan fingerprint density at radius 2 is 2.00 bits per heavy atom. The van der Waals surface area contributed by atoms with E-state index in [-0.39, 0.29) is 17.4 Å². The first-order chi connectivity index (χ1) is 7.78. The second kappa shape index (κ2) is 5.49. The zero-order valence-electron chi connectivity index (χ0n) is 10.7. The fourth-order valence-electron chi connectivity index (χ4n) is 1.81.